The Bertz CT molecular complexity index is 1120. The van der Waals surface area contributed by atoms with E-state index in [9.17, 15) is 9.90 Å². The summed E-state index contributed by atoms with van der Waals surface area (Å²) in [6.45, 7) is 11.4. The number of aromatic carboxylic acids is 1. The zero-order valence-electron chi connectivity index (χ0n) is 19.7. The van der Waals surface area contributed by atoms with Crippen molar-refractivity contribution >= 4 is 29.3 Å². The highest BCUT2D eigenvalue weighted by Gasteiger charge is 2.22. The van der Waals surface area contributed by atoms with Crippen LogP contribution in [0.1, 0.15) is 46.2 Å². The van der Waals surface area contributed by atoms with Crippen LogP contribution in [0.5, 0.6) is 11.5 Å². The number of carboxylic acids is 1. The van der Waals surface area contributed by atoms with Crippen molar-refractivity contribution in [2.45, 2.75) is 57.4 Å². The summed E-state index contributed by atoms with van der Waals surface area (Å²) in [6, 6.07) is 11.7. The number of rotatable bonds is 10. The van der Waals surface area contributed by atoms with Crippen molar-refractivity contribution in [2.75, 3.05) is 13.2 Å². The lowest BCUT2D eigenvalue weighted by Crippen LogP contribution is -2.13. The van der Waals surface area contributed by atoms with E-state index in [1.54, 1.807) is 11.8 Å². The molecule has 0 aliphatic rings. The molecule has 5 nitrogen and oxygen atoms in total. The van der Waals surface area contributed by atoms with E-state index in [0.717, 1.165) is 48.7 Å². The Labute approximate surface area is 204 Å². The quantitative estimate of drug-likeness (QED) is 0.309. The van der Waals surface area contributed by atoms with Crippen molar-refractivity contribution in [2.24, 2.45) is 0 Å². The number of hydrogen-bond acceptors (Lipinski definition) is 4. The molecule has 1 heterocycles. The monoisotopic (exact) mass is 487 g/mol. The second-order valence-electron chi connectivity index (χ2n) is 7.92. The van der Waals surface area contributed by atoms with E-state index in [4.69, 9.17) is 21.1 Å². The minimum Gasteiger partial charge on any atom is -0.494 e. The Hall–Kier alpha value is -2.57. The average molecular weight is 488 g/mol. The second kappa shape index (κ2) is 11.0. The van der Waals surface area contributed by atoms with Crippen LogP contribution in [0.2, 0.25) is 5.02 Å². The lowest BCUT2D eigenvalue weighted by Gasteiger charge is -2.12. The summed E-state index contributed by atoms with van der Waals surface area (Å²) in [5, 5.41) is 10.6. The zero-order chi connectivity index (χ0) is 24.1. The maximum Gasteiger partial charge on any atom is 0.352 e. The molecular weight excluding hydrogens is 458 g/mol. The molecule has 3 rings (SSSR count). The van der Waals surface area contributed by atoms with Crippen molar-refractivity contribution in [3.63, 3.8) is 0 Å². The van der Waals surface area contributed by atoms with Crippen LogP contribution < -0.4 is 9.47 Å². The second-order valence-corrected chi connectivity index (χ2v) is 9.39. The molecule has 176 valence electrons. The zero-order valence-corrected chi connectivity index (χ0v) is 21.3. The highest BCUT2D eigenvalue weighted by molar-refractivity contribution is 7.99. The topological polar surface area (TPSA) is 60.7 Å². The smallest absolute Gasteiger partial charge is 0.352 e. The molecule has 0 aliphatic heterocycles. The number of ether oxygens (including phenoxy) is 2. The molecule has 0 bridgehead atoms. The molecule has 0 atom stereocenters. The van der Waals surface area contributed by atoms with Gasteiger partial charge in [-0.3, -0.25) is 0 Å². The summed E-state index contributed by atoms with van der Waals surface area (Å²) in [6.07, 6.45) is 0.684. The summed E-state index contributed by atoms with van der Waals surface area (Å²) in [7, 11) is 0. The van der Waals surface area contributed by atoms with Gasteiger partial charge < -0.3 is 19.1 Å². The summed E-state index contributed by atoms with van der Waals surface area (Å²) < 4.78 is 13.3. The van der Waals surface area contributed by atoms with Crippen LogP contribution in [0, 0.1) is 27.7 Å². The molecule has 0 fully saturated rings. The van der Waals surface area contributed by atoms with Gasteiger partial charge in [-0.25, -0.2) is 4.79 Å². The SMILES string of the molecule is CCOc1ccc(Sc2c(C)c(C(=O)O)n(CCCOc3cc(C)c(Cl)c(C)c3)c2C)cc1. The van der Waals surface area contributed by atoms with Gasteiger partial charge in [0.1, 0.15) is 17.2 Å². The van der Waals surface area contributed by atoms with Crippen molar-refractivity contribution in [3.8, 4) is 11.5 Å². The van der Waals surface area contributed by atoms with Gasteiger partial charge in [0.15, 0.2) is 0 Å². The molecule has 0 aliphatic carbocycles. The Morgan fingerprint density at radius 2 is 1.67 bits per heavy atom. The number of hydrogen-bond donors (Lipinski definition) is 1. The van der Waals surface area contributed by atoms with Crippen molar-refractivity contribution in [1.29, 1.82) is 0 Å². The first-order chi connectivity index (χ1) is 15.7. The van der Waals surface area contributed by atoms with Gasteiger partial charge in [-0.2, -0.15) is 0 Å². The maximum atomic E-state index is 12.0. The van der Waals surface area contributed by atoms with E-state index in [-0.39, 0.29) is 0 Å². The van der Waals surface area contributed by atoms with Crippen LogP contribution in [-0.4, -0.2) is 28.9 Å². The van der Waals surface area contributed by atoms with Gasteiger partial charge in [-0.05, 0) is 94.1 Å². The van der Waals surface area contributed by atoms with E-state index in [2.05, 4.69) is 0 Å². The predicted octanol–water partition coefficient (Wildman–Crippen LogP) is 7.09. The van der Waals surface area contributed by atoms with E-state index < -0.39 is 5.97 Å². The number of nitrogens with zero attached hydrogens (tertiary/aromatic N) is 1. The Morgan fingerprint density at radius 3 is 2.24 bits per heavy atom. The van der Waals surface area contributed by atoms with Crippen molar-refractivity contribution in [3.05, 3.63) is 69.5 Å². The molecule has 0 spiro atoms. The summed E-state index contributed by atoms with van der Waals surface area (Å²) in [4.78, 5) is 14.1. The molecule has 0 saturated carbocycles. The molecule has 0 amide bonds. The van der Waals surface area contributed by atoms with Crippen LogP contribution in [0.15, 0.2) is 46.2 Å². The number of carbonyl (C=O) groups is 1. The fraction of sp³-hybridized carbons (Fsp3) is 0.346. The number of aryl methyl sites for hydroxylation is 2. The van der Waals surface area contributed by atoms with Gasteiger partial charge in [-0.1, -0.05) is 23.4 Å². The standard InChI is InChI=1S/C26H30ClNO4S/c1-6-31-20-8-10-22(11-9-20)33-25-18(4)24(26(29)30)28(19(25)5)12-7-13-32-21-14-16(2)23(27)17(3)15-21/h8-11,14-15H,6-7,12-13H2,1-5H3,(H,29,30). The van der Waals surface area contributed by atoms with Crippen LogP contribution >= 0.6 is 23.4 Å². The van der Waals surface area contributed by atoms with Gasteiger partial charge in [0.25, 0.3) is 0 Å². The summed E-state index contributed by atoms with van der Waals surface area (Å²) in [5.41, 5.74) is 4.02. The normalized spacial score (nSPS) is 11.0. The van der Waals surface area contributed by atoms with E-state index in [1.807, 2.05) is 75.6 Å². The number of carboxylic acid groups (broad SMARTS) is 1. The molecule has 1 N–H and O–H groups in total. The Morgan fingerprint density at radius 1 is 1.03 bits per heavy atom. The summed E-state index contributed by atoms with van der Waals surface area (Å²) in [5.74, 6) is 0.684. The highest BCUT2D eigenvalue weighted by Crippen LogP contribution is 2.37. The van der Waals surface area contributed by atoms with Gasteiger partial charge in [0.05, 0.1) is 13.2 Å². The maximum absolute atomic E-state index is 12.0. The molecule has 2 aromatic carbocycles. The van der Waals surface area contributed by atoms with Crippen molar-refractivity contribution in [1.82, 2.24) is 4.57 Å². The van der Waals surface area contributed by atoms with Gasteiger partial charge >= 0.3 is 5.97 Å². The largest absolute Gasteiger partial charge is 0.494 e. The Balaban J connectivity index is 1.73. The van der Waals surface area contributed by atoms with Gasteiger partial charge in [0.2, 0.25) is 0 Å². The summed E-state index contributed by atoms with van der Waals surface area (Å²) >= 11 is 7.81. The average Bonchev–Trinajstić information content (AvgIpc) is 3.00. The fourth-order valence-electron chi connectivity index (χ4n) is 3.87. The Kier molecular flexibility index (Phi) is 8.38. The lowest BCUT2D eigenvalue weighted by molar-refractivity contribution is 0.0683. The highest BCUT2D eigenvalue weighted by atomic mass is 35.5. The molecule has 0 saturated heterocycles. The first kappa shape index (κ1) is 25.1. The number of aromatic nitrogens is 1. The molecule has 7 heteroatoms. The van der Waals surface area contributed by atoms with Crippen molar-refractivity contribution < 1.29 is 19.4 Å². The number of halogens is 1. The molecular formula is C26H30ClNO4S. The first-order valence-electron chi connectivity index (χ1n) is 11.0. The third kappa shape index (κ3) is 5.87. The number of benzene rings is 2. The molecule has 3 aromatic rings. The van der Waals surface area contributed by atoms with E-state index >= 15 is 0 Å². The van der Waals surface area contributed by atoms with Crippen LogP contribution in [0.4, 0.5) is 0 Å². The minimum absolute atomic E-state index is 0.333. The lowest BCUT2D eigenvalue weighted by atomic mass is 10.1. The fourth-order valence-corrected chi connectivity index (χ4v) is 4.99. The van der Waals surface area contributed by atoms with Crippen LogP contribution in [0.3, 0.4) is 0 Å². The molecule has 1 aromatic heterocycles. The minimum atomic E-state index is -0.918. The molecule has 0 unspecified atom stereocenters. The van der Waals surface area contributed by atoms with Crippen LogP contribution in [-0.2, 0) is 6.54 Å². The molecule has 0 radical (unpaired) electrons. The third-order valence-corrected chi connectivity index (χ3v) is 7.37. The van der Waals surface area contributed by atoms with Gasteiger partial charge in [-0.15, -0.1) is 0 Å². The van der Waals surface area contributed by atoms with Crippen LogP contribution in [0.25, 0.3) is 0 Å². The van der Waals surface area contributed by atoms with E-state index in [0.29, 0.717) is 31.9 Å². The molecule has 33 heavy (non-hydrogen) atoms. The first-order valence-corrected chi connectivity index (χ1v) is 12.2. The van der Waals surface area contributed by atoms with Gasteiger partial charge in [0, 0.05) is 27.1 Å². The third-order valence-electron chi connectivity index (χ3n) is 5.46. The predicted molar refractivity (Wildman–Crippen MR) is 134 cm³/mol. The van der Waals surface area contributed by atoms with E-state index in [1.165, 1.54) is 0 Å².